The molecule has 0 fully saturated rings. The van der Waals surface area contributed by atoms with E-state index in [0.29, 0.717) is 15.2 Å². The Kier molecular flexibility index (Phi) is 5.04. The molecular weight excluding hydrogens is 421 g/mol. The van der Waals surface area contributed by atoms with E-state index in [2.05, 4.69) is 15.4 Å². The second-order valence-corrected chi connectivity index (χ2v) is 6.61. The number of ether oxygens (including phenoxy) is 1. The summed E-state index contributed by atoms with van der Waals surface area (Å²) >= 11 is 5.78. The molecule has 0 spiro atoms. The van der Waals surface area contributed by atoms with Gasteiger partial charge < -0.3 is 4.74 Å². The molecule has 0 unspecified atom stereocenters. The number of amides is 1. The van der Waals surface area contributed by atoms with Gasteiger partial charge in [-0.1, -0.05) is 29.8 Å². The first kappa shape index (κ1) is 19.7. The van der Waals surface area contributed by atoms with E-state index in [4.69, 9.17) is 16.3 Å². The molecular formula is C20H12ClF3N4O2. The summed E-state index contributed by atoms with van der Waals surface area (Å²) in [5, 5.41) is 7.20. The summed E-state index contributed by atoms with van der Waals surface area (Å²) < 4.78 is 46.5. The smallest absolute Gasteiger partial charge is 0.406 e. The molecule has 0 radical (unpaired) electrons. The number of pyridine rings is 1. The summed E-state index contributed by atoms with van der Waals surface area (Å²) in [4.78, 5) is 16.4. The molecule has 152 valence electrons. The lowest BCUT2D eigenvalue weighted by Crippen LogP contribution is -2.20. The Bertz CT molecular complexity index is 1220. The molecule has 1 amide bonds. The normalized spacial score (nSPS) is 11.5. The Labute approximate surface area is 172 Å². The second-order valence-electron chi connectivity index (χ2n) is 6.17. The molecule has 0 saturated heterocycles. The predicted molar refractivity (Wildman–Crippen MR) is 105 cm³/mol. The van der Waals surface area contributed by atoms with E-state index in [1.807, 2.05) is 6.07 Å². The zero-order chi connectivity index (χ0) is 21.3. The van der Waals surface area contributed by atoms with Gasteiger partial charge in [-0.2, -0.15) is 18.3 Å². The number of benzene rings is 2. The summed E-state index contributed by atoms with van der Waals surface area (Å²) in [6.07, 6.45) is -3.72. The first-order valence-electron chi connectivity index (χ1n) is 8.56. The molecule has 0 aliphatic heterocycles. The summed E-state index contributed by atoms with van der Waals surface area (Å²) in [6.45, 7) is 0. The highest BCUT2D eigenvalue weighted by atomic mass is 35.5. The predicted octanol–water partition coefficient (Wildman–Crippen LogP) is 5.70. The van der Waals surface area contributed by atoms with Gasteiger partial charge in [-0.25, -0.2) is 9.48 Å². The van der Waals surface area contributed by atoms with Crippen molar-refractivity contribution in [2.75, 3.05) is 5.32 Å². The van der Waals surface area contributed by atoms with Gasteiger partial charge in [0.1, 0.15) is 0 Å². The average molecular weight is 433 g/mol. The molecule has 2 aromatic carbocycles. The van der Waals surface area contributed by atoms with Crippen molar-refractivity contribution in [2.24, 2.45) is 0 Å². The van der Waals surface area contributed by atoms with E-state index in [-0.39, 0.29) is 11.4 Å². The zero-order valence-electron chi connectivity index (χ0n) is 15.0. The van der Waals surface area contributed by atoms with Gasteiger partial charge in [-0.05, 0) is 36.4 Å². The third kappa shape index (κ3) is 4.06. The van der Waals surface area contributed by atoms with Gasteiger partial charge in [0, 0.05) is 10.4 Å². The lowest BCUT2D eigenvalue weighted by Gasteiger charge is -2.13. The number of anilines is 1. The minimum absolute atomic E-state index is 0.112. The van der Waals surface area contributed by atoms with E-state index in [9.17, 15) is 18.0 Å². The van der Waals surface area contributed by atoms with Crippen molar-refractivity contribution >= 4 is 34.3 Å². The van der Waals surface area contributed by atoms with Crippen molar-refractivity contribution in [2.45, 2.75) is 6.18 Å². The lowest BCUT2D eigenvalue weighted by molar-refractivity contribution is -0.143. The Morgan fingerprint density at radius 2 is 1.80 bits per heavy atom. The van der Waals surface area contributed by atoms with Crippen LogP contribution in [0, 0.1) is 0 Å². The third-order valence-corrected chi connectivity index (χ3v) is 4.37. The topological polar surface area (TPSA) is 69.0 Å². The number of hydrogen-bond donors (Lipinski definition) is 1. The Balaban J connectivity index is 1.60. The Morgan fingerprint density at radius 1 is 1.07 bits per heavy atom. The third-order valence-electron chi connectivity index (χ3n) is 4.11. The monoisotopic (exact) mass is 432 g/mol. The van der Waals surface area contributed by atoms with Gasteiger partial charge in [0.15, 0.2) is 11.4 Å². The molecule has 10 heteroatoms. The number of carbonyl (C=O) groups is 1. The molecule has 0 aliphatic carbocycles. The fraction of sp³-hybridized carbons (Fsp3) is 0.0500. The van der Waals surface area contributed by atoms with Crippen molar-refractivity contribution in [1.82, 2.24) is 14.8 Å². The number of para-hydroxylation sites is 1. The molecule has 6 nitrogen and oxygen atoms in total. The molecule has 4 aromatic rings. The molecule has 2 aromatic heterocycles. The number of alkyl halides is 3. The largest absolute Gasteiger partial charge is 0.437 e. The van der Waals surface area contributed by atoms with Crippen LogP contribution in [0.2, 0.25) is 5.02 Å². The number of nitrogens with zero attached hydrogens (tertiary/aromatic N) is 3. The van der Waals surface area contributed by atoms with Crippen LogP contribution in [0.25, 0.3) is 16.6 Å². The number of aromatic nitrogens is 3. The molecule has 30 heavy (non-hydrogen) atoms. The molecule has 0 saturated carbocycles. The van der Waals surface area contributed by atoms with Crippen molar-refractivity contribution in [1.29, 1.82) is 0 Å². The van der Waals surface area contributed by atoms with Crippen molar-refractivity contribution in [3.05, 3.63) is 77.7 Å². The van der Waals surface area contributed by atoms with Gasteiger partial charge in [-0.3, -0.25) is 10.3 Å². The summed E-state index contributed by atoms with van der Waals surface area (Å²) in [5.41, 5.74) is -0.130. The van der Waals surface area contributed by atoms with Crippen LogP contribution < -0.4 is 10.1 Å². The molecule has 0 atom stereocenters. The van der Waals surface area contributed by atoms with Crippen molar-refractivity contribution in [3.63, 3.8) is 0 Å². The standard InChI is InChI=1S/C20H12ClF3N4O2/c21-13-5-7-15(8-6-13)28-18(20(22,23)24)17(11-26-28)30-19(29)27-14-9-12-3-1-2-4-16(12)25-10-14/h1-11H,(H,27,29). The van der Waals surface area contributed by atoms with E-state index < -0.39 is 23.7 Å². The molecule has 1 N–H and O–H groups in total. The van der Waals surface area contributed by atoms with Crippen LogP contribution in [-0.4, -0.2) is 20.9 Å². The van der Waals surface area contributed by atoms with Crippen molar-refractivity contribution in [3.8, 4) is 11.4 Å². The van der Waals surface area contributed by atoms with Crippen LogP contribution in [0.3, 0.4) is 0 Å². The number of nitrogens with one attached hydrogen (secondary N) is 1. The molecule has 0 bridgehead atoms. The number of hydrogen-bond acceptors (Lipinski definition) is 4. The highest BCUT2D eigenvalue weighted by Crippen LogP contribution is 2.37. The zero-order valence-corrected chi connectivity index (χ0v) is 15.8. The SMILES string of the molecule is O=C(Nc1cnc2ccccc2c1)Oc1cnn(-c2ccc(Cl)cc2)c1C(F)(F)F. The van der Waals surface area contributed by atoms with Gasteiger partial charge in [0.05, 0.1) is 29.3 Å². The van der Waals surface area contributed by atoms with E-state index in [1.54, 1.807) is 24.3 Å². The van der Waals surface area contributed by atoms with Gasteiger partial charge >= 0.3 is 12.3 Å². The summed E-state index contributed by atoms with van der Waals surface area (Å²) in [6, 6.07) is 14.4. The van der Waals surface area contributed by atoms with E-state index >= 15 is 0 Å². The quantitative estimate of drug-likeness (QED) is 0.450. The molecule has 2 heterocycles. The second kappa shape index (κ2) is 7.68. The van der Waals surface area contributed by atoms with E-state index in [0.717, 1.165) is 11.6 Å². The van der Waals surface area contributed by atoms with Crippen LogP contribution in [0.4, 0.5) is 23.7 Å². The van der Waals surface area contributed by atoms with Gasteiger partial charge in [0.25, 0.3) is 0 Å². The fourth-order valence-electron chi connectivity index (χ4n) is 2.83. The number of fused-ring (bicyclic) bond motifs is 1. The average Bonchev–Trinajstić information content (AvgIpc) is 3.12. The Hall–Kier alpha value is -3.59. The maximum Gasteiger partial charge on any atom is 0.437 e. The van der Waals surface area contributed by atoms with Crippen molar-refractivity contribution < 1.29 is 22.7 Å². The van der Waals surface area contributed by atoms with Crippen LogP contribution >= 0.6 is 11.6 Å². The highest BCUT2D eigenvalue weighted by Gasteiger charge is 2.40. The highest BCUT2D eigenvalue weighted by molar-refractivity contribution is 6.30. The maximum atomic E-state index is 13.7. The fourth-order valence-corrected chi connectivity index (χ4v) is 2.95. The summed E-state index contributed by atoms with van der Waals surface area (Å²) in [5.74, 6) is -0.733. The Morgan fingerprint density at radius 3 is 2.53 bits per heavy atom. The lowest BCUT2D eigenvalue weighted by atomic mass is 10.2. The van der Waals surface area contributed by atoms with Crippen LogP contribution in [0.5, 0.6) is 5.75 Å². The van der Waals surface area contributed by atoms with Crippen LogP contribution in [0.15, 0.2) is 67.0 Å². The first-order valence-corrected chi connectivity index (χ1v) is 8.94. The van der Waals surface area contributed by atoms with Gasteiger partial charge in [0.2, 0.25) is 0 Å². The molecule has 4 rings (SSSR count). The van der Waals surface area contributed by atoms with E-state index in [1.165, 1.54) is 30.5 Å². The van der Waals surface area contributed by atoms with Gasteiger partial charge in [-0.15, -0.1) is 0 Å². The summed E-state index contributed by atoms with van der Waals surface area (Å²) in [7, 11) is 0. The minimum Gasteiger partial charge on any atom is -0.406 e. The number of halogens is 4. The number of rotatable bonds is 3. The van der Waals surface area contributed by atoms with Crippen LogP contribution in [-0.2, 0) is 6.18 Å². The molecule has 0 aliphatic rings. The first-order chi connectivity index (χ1) is 14.3. The number of carbonyl (C=O) groups excluding carboxylic acids is 1. The maximum absolute atomic E-state index is 13.7. The minimum atomic E-state index is -4.82. The van der Waals surface area contributed by atoms with Crippen LogP contribution in [0.1, 0.15) is 5.69 Å².